The summed E-state index contributed by atoms with van der Waals surface area (Å²) in [6, 6.07) is 13.8. The molecule has 9 heteroatoms. The number of rotatable bonds is 9. The number of ether oxygens (including phenoxy) is 1. The summed E-state index contributed by atoms with van der Waals surface area (Å²) in [7, 11) is 0. The largest absolute Gasteiger partial charge is 0.394 e. The van der Waals surface area contributed by atoms with Crippen molar-refractivity contribution >= 4 is 39.3 Å². The molecule has 1 spiro atoms. The van der Waals surface area contributed by atoms with Gasteiger partial charge in [-0.25, -0.2) is 0 Å². The van der Waals surface area contributed by atoms with Gasteiger partial charge in [0.2, 0.25) is 17.7 Å². The van der Waals surface area contributed by atoms with Gasteiger partial charge < -0.3 is 25.4 Å². The molecule has 8 nitrogen and oxygen atoms in total. The van der Waals surface area contributed by atoms with Gasteiger partial charge in [-0.3, -0.25) is 14.4 Å². The minimum atomic E-state index is -1.19. The topological polar surface area (TPSA) is 108 Å². The Bertz CT molecular complexity index is 1270. The van der Waals surface area contributed by atoms with Crippen molar-refractivity contribution in [2.45, 2.75) is 75.7 Å². The van der Waals surface area contributed by atoms with E-state index in [1.807, 2.05) is 76.2 Å². The molecule has 2 aromatic carbocycles. The zero-order chi connectivity index (χ0) is 28.8. The number of carbonyl (C=O) groups excluding carboxylic acids is 3. The average molecular weight is 613 g/mol. The van der Waals surface area contributed by atoms with Crippen LogP contribution in [0, 0.1) is 31.6 Å². The second kappa shape index (κ2) is 11.3. The fraction of sp³-hybridized carbons (Fsp3) is 0.516. The molecule has 214 valence electrons. The quantitative estimate of drug-likeness (QED) is 0.375. The van der Waals surface area contributed by atoms with Crippen LogP contribution in [0.4, 0.5) is 5.69 Å². The third-order valence-corrected chi connectivity index (χ3v) is 10.0. The van der Waals surface area contributed by atoms with E-state index >= 15 is 0 Å². The Kier molecular flexibility index (Phi) is 8.10. The number of benzene rings is 2. The molecule has 0 aliphatic carbocycles. The number of carbonyl (C=O) groups is 3. The first-order chi connectivity index (χ1) is 19.1. The molecule has 8 atom stereocenters. The summed E-state index contributed by atoms with van der Waals surface area (Å²) in [6.45, 7) is 7.86. The maximum atomic E-state index is 14.3. The molecule has 0 saturated carbocycles. The Morgan fingerprint density at radius 3 is 2.42 bits per heavy atom. The summed E-state index contributed by atoms with van der Waals surface area (Å²) < 4.78 is 6.61. The highest BCUT2D eigenvalue weighted by molar-refractivity contribution is 9.09. The van der Waals surface area contributed by atoms with Crippen molar-refractivity contribution in [1.29, 1.82) is 0 Å². The molecule has 3 aliphatic rings. The number of aliphatic hydroxyl groups is 1. The number of para-hydroxylation sites is 1. The van der Waals surface area contributed by atoms with Gasteiger partial charge in [0, 0.05) is 17.1 Å². The van der Waals surface area contributed by atoms with E-state index in [-0.39, 0.29) is 35.1 Å². The second-order valence-electron chi connectivity index (χ2n) is 11.5. The van der Waals surface area contributed by atoms with Crippen molar-refractivity contribution in [1.82, 2.24) is 10.2 Å². The van der Waals surface area contributed by atoms with Crippen LogP contribution in [0.3, 0.4) is 0 Å². The molecule has 3 amide bonds. The third kappa shape index (κ3) is 4.65. The van der Waals surface area contributed by atoms with Crippen molar-refractivity contribution in [2.24, 2.45) is 17.8 Å². The van der Waals surface area contributed by atoms with Crippen LogP contribution in [-0.4, -0.2) is 63.0 Å². The van der Waals surface area contributed by atoms with Gasteiger partial charge in [-0.15, -0.1) is 0 Å². The minimum absolute atomic E-state index is 0.0676. The standard InChI is InChI=1S/C31H38BrN3O5/c1-5-17(2)22(16-36)35-27(29(38)34-25-18(3)10-9-11-19(25)4)31-14-21(32)26(40-31)23(24(31)30(35)39)28(37)33-15-20-12-7-6-8-13-20/h6-13,17,21-24,26-27,36H,5,14-16H2,1-4H3,(H,33,37)(H,34,38)/t17-,21?,22-,23+,24-,26+,27?,31?/m0/s1. The van der Waals surface area contributed by atoms with Gasteiger partial charge in [-0.1, -0.05) is 84.7 Å². The molecule has 40 heavy (non-hydrogen) atoms. The Morgan fingerprint density at radius 1 is 1.12 bits per heavy atom. The molecule has 0 aromatic heterocycles. The minimum Gasteiger partial charge on any atom is -0.394 e. The summed E-state index contributed by atoms with van der Waals surface area (Å²) in [5.74, 6) is -2.58. The van der Waals surface area contributed by atoms with Crippen molar-refractivity contribution in [3.8, 4) is 0 Å². The molecule has 3 aliphatic heterocycles. The molecule has 3 unspecified atom stereocenters. The van der Waals surface area contributed by atoms with Crippen molar-refractivity contribution in [3.63, 3.8) is 0 Å². The lowest BCUT2D eigenvalue weighted by atomic mass is 9.70. The maximum absolute atomic E-state index is 14.3. The van der Waals surface area contributed by atoms with Gasteiger partial charge in [0.1, 0.15) is 11.6 Å². The van der Waals surface area contributed by atoms with Gasteiger partial charge in [-0.2, -0.15) is 0 Å². The highest BCUT2D eigenvalue weighted by atomic mass is 79.9. The summed E-state index contributed by atoms with van der Waals surface area (Å²) >= 11 is 3.72. The molecule has 5 rings (SSSR count). The summed E-state index contributed by atoms with van der Waals surface area (Å²) in [5.41, 5.74) is 2.28. The lowest BCUT2D eigenvalue weighted by molar-refractivity contribution is -0.145. The summed E-state index contributed by atoms with van der Waals surface area (Å²) in [4.78, 5) is 43.6. The zero-order valence-electron chi connectivity index (χ0n) is 23.4. The number of nitrogens with zero attached hydrogens (tertiary/aromatic N) is 1. The van der Waals surface area contributed by atoms with E-state index < -0.39 is 35.6 Å². The first kappa shape index (κ1) is 28.8. The lowest BCUT2D eigenvalue weighted by Gasteiger charge is -2.39. The van der Waals surface area contributed by atoms with Crippen LogP contribution < -0.4 is 10.6 Å². The highest BCUT2D eigenvalue weighted by Crippen LogP contribution is 2.60. The summed E-state index contributed by atoms with van der Waals surface area (Å²) in [6.07, 6.45) is 0.582. The summed E-state index contributed by atoms with van der Waals surface area (Å²) in [5, 5.41) is 16.6. The number of fused-ring (bicyclic) bond motifs is 1. The van der Waals surface area contributed by atoms with Gasteiger partial charge in [0.05, 0.1) is 30.6 Å². The number of hydrogen-bond donors (Lipinski definition) is 3. The number of halogens is 1. The monoisotopic (exact) mass is 611 g/mol. The maximum Gasteiger partial charge on any atom is 0.250 e. The van der Waals surface area contributed by atoms with E-state index in [2.05, 4.69) is 26.6 Å². The molecule has 3 fully saturated rings. The highest BCUT2D eigenvalue weighted by Gasteiger charge is 2.77. The SMILES string of the molecule is CC[C@H](C)[C@H](CO)N1C(=O)[C@@H]2[C@@H](C(=O)NCc3ccccc3)[C@@H]3OC2(CC3Br)C1C(=O)Nc1c(C)cccc1C. The van der Waals surface area contributed by atoms with Crippen LogP contribution in [0.2, 0.25) is 0 Å². The number of nitrogens with one attached hydrogen (secondary N) is 2. The van der Waals surface area contributed by atoms with Crippen LogP contribution in [-0.2, 0) is 25.7 Å². The molecule has 3 saturated heterocycles. The molecule has 3 heterocycles. The van der Waals surface area contributed by atoms with Gasteiger partial charge >= 0.3 is 0 Å². The number of anilines is 1. The number of hydrogen-bond acceptors (Lipinski definition) is 5. The van der Waals surface area contributed by atoms with Crippen LogP contribution in [0.15, 0.2) is 48.5 Å². The fourth-order valence-corrected chi connectivity index (χ4v) is 7.89. The average Bonchev–Trinajstić information content (AvgIpc) is 3.54. The number of aryl methyl sites for hydroxylation is 2. The van der Waals surface area contributed by atoms with Crippen LogP contribution in [0.5, 0.6) is 0 Å². The Hall–Kier alpha value is -2.75. The van der Waals surface area contributed by atoms with E-state index in [0.29, 0.717) is 25.1 Å². The Balaban J connectivity index is 1.53. The molecular formula is C31H38BrN3O5. The van der Waals surface area contributed by atoms with E-state index in [0.717, 1.165) is 16.7 Å². The van der Waals surface area contributed by atoms with Gasteiger partial charge in [0.15, 0.2) is 0 Å². The first-order valence-electron chi connectivity index (χ1n) is 14.1. The smallest absolute Gasteiger partial charge is 0.250 e. The normalized spacial score (nSPS) is 30.2. The fourth-order valence-electron chi connectivity index (χ4n) is 6.94. The number of alkyl halides is 1. The van der Waals surface area contributed by atoms with Crippen molar-refractivity contribution in [2.75, 3.05) is 11.9 Å². The van der Waals surface area contributed by atoms with E-state index in [4.69, 9.17) is 4.74 Å². The van der Waals surface area contributed by atoms with Gasteiger partial charge in [-0.05, 0) is 42.9 Å². The van der Waals surface area contributed by atoms with Gasteiger partial charge in [0.25, 0.3) is 0 Å². The predicted octanol–water partition coefficient (Wildman–Crippen LogP) is 3.71. The van der Waals surface area contributed by atoms with E-state index in [1.165, 1.54) is 0 Å². The van der Waals surface area contributed by atoms with Crippen molar-refractivity contribution < 1.29 is 24.2 Å². The van der Waals surface area contributed by atoms with Crippen LogP contribution in [0.25, 0.3) is 0 Å². The lowest BCUT2D eigenvalue weighted by Crippen LogP contribution is -2.58. The molecule has 3 N–H and O–H groups in total. The van der Waals surface area contributed by atoms with Crippen LogP contribution >= 0.6 is 15.9 Å². The number of aliphatic hydroxyl groups excluding tert-OH is 1. The Labute approximate surface area is 244 Å². The molecule has 2 aromatic rings. The van der Waals surface area contributed by atoms with Crippen molar-refractivity contribution in [3.05, 3.63) is 65.2 Å². The predicted molar refractivity (Wildman–Crippen MR) is 156 cm³/mol. The second-order valence-corrected chi connectivity index (χ2v) is 12.7. The molecule has 0 radical (unpaired) electrons. The van der Waals surface area contributed by atoms with E-state index in [1.54, 1.807) is 4.90 Å². The molecular weight excluding hydrogens is 574 g/mol. The first-order valence-corrected chi connectivity index (χ1v) is 15.0. The molecule has 2 bridgehead atoms. The Morgan fingerprint density at radius 2 is 1.80 bits per heavy atom. The third-order valence-electron chi connectivity index (χ3n) is 9.16. The van der Waals surface area contributed by atoms with E-state index in [9.17, 15) is 19.5 Å². The zero-order valence-corrected chi connectivity index (χ0v) is 25.0. The number of amides is 3. The number of likely N-dealkylation sites (tertiary alicyclic amines) is 1. The van der Waals surface area contributed by atoms with Crippen LogP contribution in [0.1, 0.15) is 43.4 Å².